The van der Waals surface area contributed by atoms with Crippen LogP contribution >= 0.6 is 11.6 Å². The fraction of sp³-hybridized carbons (Fsp3) is 0.278. The number of benzene rings is 1. The standard InChI is InChI=1S/C18H18ClN3O3/c1-9(2)14-8-12(16-10(3)22-25-18(16)21-14)17(23)20-11-5-6-15(24-4)13(19)7-11/h5-9H,1-4H3,(H,20,23). The molecule has 3 aromatic rings. The van der Waals surface area contributed by atoms with Crippen molar-refractivity contribution in [3.05, 3.63) is 46.2 Å². The maximum Gasteiger partial charge on any atom is 0.259 e. The van der Waals surface area contributed by atoms with E-state index in [1.165, 1.54) is 7.11 Å². The molecule has 0 spiro atoms. The first-order valence-electron chi connectivity index (χ1n) is 7.82. The first-order valence-corrected chi connectivity index (χ1v) is 8.20. The number of aryl methyl sites for hydroxylation is 1. The zero-order valence-electron chi connectivity index (χ0n) is 14.4. The molecule has 3 rings (SSSR count). The summed E-state index contributed by atoms with van der Waals surface area (Å²) in [5.74, 6) is 0.418. The normalized spacial score (nSPS) is 11.1. The van der Waals surface area contributed by atoms with Crippen LogP contribution in [-0.4, -0.2) is 23.2 Å². The van der Waals surface area contributed by atoms with E-state index in [9.17, 15) is 4.79 Å². The molecule has 0 bridgehead atoms. The maximum absolute atomic E-state index is 12.8. The molecule has 0 saturated heterocycles. The number of amides is 1. The summed E-state index contributed by atoms with van der Waals surface area (Å²) < 4.78 is 10.4. The Kier molecular flexibility index (Phi) is 4.63. The van der Waals surface area contributed by atoms with Gasteiger partial charge in [-0.25, -0.2) is 4.98 Å². The third-order valence-corrected chi connectivity index (χ3v) is 4.18. The summed E-state index contributed by atoms with van der Waals surface area (Å²) in [6, 6.07) is 6.84. The number of fused-ring (bicyclic) bond motifs is 1. The number of anilines is 1. The van der Waals surface area contributed by atoms with Crippen LogP contribution in [0.3, 0.4) is 0 Å². The van der Waals surface area contributed by atoms with Crippen LogP contribution in [-0.2, 0) is 0 Å². The summed E-state index contributed by atoms with van der Waals surface area (Å²) in [5.41, 5.74) is 2.79. The van der Waals surface area contributed by atoms with Gasteiger partial charge in [0, 0.05) is 11.4 Å². The van der Waals surface area contributed by atoms with Crippen molar-refractivity contribution >= 4 is 34.3 Å². The van der Waals surface area contributed by atoms with Crippen LogP contribution in [0.25, 0.3) is 11.1 Å². The Labute approximate surface area is 150 Å². The molecule has 130 valence electrons. The predicted molar refractivity (Wildman–Crippen MR) is 96.6 cm³/mol. The average Bonchev–Trinajstić information content (AvgIpc) is 2.95. The molecule has 2 heterocycles. The molecule has 1 aromatic carbocycles. The minimum atomic E-state index is -0.276. The van der Waals surface area contributed by atoms with Crippen molar-refractivity contribution in [2.75, 3.05) is 12.4 Å². The number of hydrogen-bond donors (Lipinski definition) is 1. The van der Waals surface area contributed by atoms with Gasteiger partial charge in [-0.05, 0) is 37.1 Å². The number of nitrogens with zero attached hydrogens (tertiary/aromatic N) is 2. The Morgan fingerprint density at radius 1 is 1.32 bits per heavy atom. The second-order valence-corrected chi connectivity index (χ2v) is 6.41. The van der Waals surface area contributed by atoms with E-state index in [0.717, 1.165) is 5.69 Å². The largest absolute Gasteiger partial charge is 0.495 e. The molecule has 1 amide bonds. The number of carbonyl (C=O) groups excluding carboxylic acids is 1. The molecule has 0 atom stereocenters. The number of hydrogen-bond acceptors (Lipinski definition) is 5. The number of nitrogens with one attached hydrogen (secondary N) is 1. The lowest BCUT2D eigenvalue weighted by molar-refractivity contribution is 0.102. The van der Waals surface area contributed by atoms with Crippen molar-refractivity contribution < 1.29 is 14.1 Å². The van der Waals surface area contributed by atoms with Crippen molar-refractivity contribution in [1.29, 1.82) is 0 Å². The van der Waals surface area contributed by atoms with Crippen LogP contribution in [0.4, 0.5) is 5.69 Å². The van der Waals surface area contributed by atoms with Crippen molar-refractivity contribution in [2.45, 2.75) is 26.7 Å². The lowest BCUT2D eigenvalue weighted by Gasteiger charge is -2.11. The minimum Gasteiger partial charge on any atom is -0.495 e. The zero-order valence-corrected chi connectivity index (χ0v) is 15.1. The molecule has 0 radical (unpaired) electrons. The zero-order chi connectivity index (χ0) is 18.1. The number of pyridine rings is 1. The van der Waals surface area contributed by atoms with Gasteiger partial charge in [-0.3, -0.25) is 4.79 Å². The van der Waals surface area contributed by atoms with Crippen molar-refractivity contribution in [3.63, 3.8) is 0 Å². The molecule has 1 N–H and O–H groups in total. The second-order valence-electron chi connectivity index (χ2n) is 6.00. The first kappa shape index (κ1) is 17.2. The van der Waals surface area contributed by atoms with Crippen LogP contribution in [0.15, 0.2) is 28.8 Å². The third kappa shape index (κ3) is 3.30. The van der Waals surface area contributed by atoms with Crippen LogP contribution in [0.5, 0.6) is 5.75 Å². The highest BCUT2D eigenvalue weighted by atomic mass is 35.5. The monoisotopic (exact) mass is 359 g/mol. The summed E-state index contributed by atoms with van der Waals surface area (Å²) in [7, 11) is 1.54. The number of rotatable bonds is 4. The van der Waals surface area contributed by atoms with E-state index < -0.39 is 0 Å². The van der Waals surface area contributed by atoms with Crippen LogP contribution in [0, 0.1) is 6.92 Å². The molecule has 0 saturated carbocycles. The Balaban J connectivity index is 2.01. The van der Waals surface area contributed by atoms with Crippen LogP contribution in [0.1, 0.15) is 41.5 Å². The van der Waals surface area contributed by atoms with Crippen molar-refractivity contribution in [1.82, 2.24) is 10.1 Å². The van der Waals surface area contributed by atoms with Gasteiger partial charge in [0.1, 0.15) is 5.75 Å². The Hall–Kier alpha value is -2.60. The van der Waals surface area contributed by atoms with Crippen molar-refractivity contribution in [2.24, 2.45) is 0 Å². The fourth-order valence-electron chi connectivity index (χ4n) is 2.53. The van der Waals surface area contributed by atoms with Crippen LogP contribution in [0.2, 0.25) is 5.02 Å². The van der Waals surface area contributed by atoms with Crippen molar-refractivity contribution in [3.8, 4) is 5.75 Å². The first-order chi connectivity index (χ1) is 11.9. The fourth-order valence-corrected chi connectivity index (χ4v) is 2.79. The van der Waals surface area contributed by atoms with Gasteiger partial charge < -0.3 is 14.6 Å². The van der Waals surface area contributed by atoms with E-state index in [4.69, 9.17) is 20.9 Å². The highest BCUT2D eigenvalue weighted by molar-refractivity contribution is 6.32. The summed E-state index contributed by atoms with van der Waals surface area (Å²) in [4.78, 5) is 17.3. The van der Waals surface area contributed by atoms with Gasteiger partial charge in [0.05, 0.1) is 28.8 Å². The van der Waals surface area contributed by atoms with E-state index in [0.29, 0.717) is 38.8 Å². The van der Waals surface area contributed by atoms with Gasteiger partial charge >= 0.3 is 0 Å². The molecule has 0 aliphatic rings. The third-order valence-electron chi connectivity index (χ3n) is 3.88. The molecule has 0 unspecified atom stereocenters. The second kappa shape index (κ2) is 6.72. The van der Waals surface area contributed by atoms with Gasteiger partial charge in [-0.1, -0.05) is 30.6 Å². The van der Waals surface area contributed by atoms with E-state index in [-0.39, 0.29) is 11.8 Å². The highest BCUT2D eigenvalue weighted by Gasteiger charge is 2.20. The van der Waals surface area contributed by atoms with Gasteiger partial charge in [0.2, 0.25) is 0 Å². The molecule has 0 aliphatic heterocycles. The van der Waals surface area contributed by atoms with Gasteiger partial charge in [0.25, 0.3) is 11.6 Å². The van der Waals surface area contributed by atoms with Gasteiger partial charge in [-0.2, -0.15) is 0 Å². The topological polar surface area (TPSA) is 77.2 Å². The number of halogens is 1. The molecular formula is C18H18ClN3O3. The lowest BCUT2D eigenvalue weighted by atomic mass is 10.0. The Morgan fingerprint density at radius 2 is 2.08 bits per heavy atom. The quantitative estimate of drug-likeness (QED) is 0.738. The molecule has 25 heavy (non-hydrogen) atoms. The summed E-state index contributed by atoms with van der Waals surface area (Å²) >= 11 is 6.12. The molecular weight excluding hydrogens is 342 g/mol. The smallest absolute Gasteiger partial charge is 0.259 e. The van der Waals surface area contributed by atoms with E-state index in [2.05, 4.69) is 15.5 Å². The van der Waals surface area contributed by atoms with Gasteiger partial charge in [-0.15, -0.1) is 0 Å². The Morgan fingerprint density at radius 3 is 2.72 bits per heavy atom. The Bertz CT molecular complexity index is 950. The molecule has 7 heteroatoms. The molecule has 2 aromatic heterocycles. The number of aromatic nitrogens is 2. The number of ether oxygens (including phenoxy) is 1. The SMILES string of the molecule is COc1ccc(NC(=O)c2cc(C(C)C)nc3onc(C)c23)cc1Cl. The maximum atomic E-state index is 12.8. The summed E-state index contributed by atoms with van der Waals surface area (Å²) in [6.07, 6.45) is 0. The highest BCUT2D eigenvalue weighted by Crippen LogP contribution is 2.29. The number of carbonyl (C=O) groups is 1. The molecule has 6 nitrogen and oxygen atoms in total. The average molecular weight is 360 g/mol. The summed E-state index contributed by atoms with van der Waals surface area (Å²) in [5, 5.41) is 7.81. The molecule has 0 fully saturated rings. The van der Waals surface area contributed by atoms with Crippen LogP contribution < -0.4 is 10.1 Å². The molecule has 0 aliphatic carbocycles. The van der Waals surface area contributed by atoms with E-state index in [1.807, 2.05) is 13.8 Å². The lowest BCUT2D eigenvalue weighted by Crippen LogP contribution is -2.14. The minimum absolute atomic E-state index is 0.150. The van der Waals surface area contributed by atoms with E-state index >= 15 is 0 Å². The summed E-state index contributed by atoms with van der Waals surface area (Å²) in [6.45, 7) is 5.79. The number of methoxy groups -OCH3 is 1. The van der Waals surface area contributed by atoms with E-state index in [1.54, 1.807) is 31.2 Å². The predicted octanol–water partition coefficient (Wildman–Crippen LogP) is 4.57. The van der Waals surface area contributed by atoms with Gasteiger partial charge in [0.15, 0.2) is 0 Å².